The van der Waals surface area contributed by atoms with Gasteiger partial charge in [0.05, 0.1) is 10.5 Å². The first-order valence-electron chi connectivity index (χ1n) is 8.53. The minimum atomic E-state index is -0.0927. The molecule has 0 spiro atoms. The third kappa shape index (κ3) is 8.03. The van der Waals surface area contributed by atoms with Crippen molar-refractivity contribution in [3.8, 4) is 11.3 Å². The van der Waals surface area contributed by atoms with Crippen LogP contribution in [-0.2, 0) is 0 Å². The molecular weight excluding hydrogens is 424 g/mol. The van der Waals surface area contributed by atoms with Crippen molar-refractivity contribution in [1.82, 2.24) is 4.98 Å². The number of carbonyl (C=O) groups excluding carboxylic acids is 1. The van der Waals surface area contributed by atoms with Crippen LogP contribution in [-0.4, -0.2) is 27.3 Å². The molecule has 2 aromatic carbocycles. The van der Waals surface area contributed by atoms with Crippen LogP contribution in [0.1, 0.15) is 29.1 Å². The topological polar surface area (TPSA) is 76.2 Å². The Labute approximate surface area is 173 Å². The van der Waals surface area contributed by atoms with E-state index >= 15 is 0 Å². The Hall–Kier alpha value is -2.02. The number of alkyl halides is 1. The van der Waals surface area contributed by atoms with Crippen LogP contribution in [0.25, 0.3) is 11.3 Å². The van der Waals surface area contributed by atoms with E-state index in [4.69, 9.17) is 10.8 Å². The average molecular weight is 449 g/mol. The van der Waals surface area contributed by atoms with Gasteiger partial charge in [0.15, 0.2) is 10.9 Å². The molecule has 1 aromatic heterocycles. The number of nitrogens with two attached hydrogens (primary N) is 1. The Bertz CT molecular complexity index is 806. The number of anilines is 1. The van der Waals surface area contributed by atoms with E-state index in [1.54, 1.807) is 6.92 Å². The minimum Gasteiger partial charge on any atom is -0.397 e. The van der Waals surface area contributed by atoms with Gasteiger partial charge in [-0.3, -0.25) is 4.79 Å². The Kier molecular flexibility index (Phi) is 10.6. The molecule has 0 amide bonds. The first kappa shape index (κ1) is 23.0. The molecule has 3 rings (SSSR count). The maximum absolute atomic E-state index is 11.3. The molecule has 4 nitrogen and oxygen atoms in total. The highest BCUT2D eigenvalue weighted by atomic mass is 79.9. The summed E-state index contributed by atoms with van der Waals surface area (Å²) in [6.07, 6.45) is 0. The number of aromatic nitrogens is 1. The molecule has 27 heavy (non-hydrogen) atoms. The number of halogens is 1. The largest absolute Gasteiger partial charge is 0.397 e. The third-order valence-corrected chi connectivity index (χ3v) is 4.50. The molecule has 1 unspecified atom stereocenters. The van der Waals surface area contributed by atoms with Crippen molar-refractivity contribution in [3.05, 3.63) is 71.1 Å². The molecule has 3 N–H and O–H groups in total. The van der Waals surface area contributed by atoms with Crippen LogP contribution in [0.15, 0.2) is 60.7 Å². The fourth-order valence-electron chi connectivity index (χ4n) is 2.11. The van der Waals surface area contributed by atoms with Crippen molar-refractivity contribution >= 4 is 38.2 Å². The highest BCUT2D eigenvalue weighted by Crippen LogP contribution is 2.28. The molecule has 0 saturated heterocycles. The van der Waals surface area contributed by atoms with Crippen molar-refractivity contribution in [1.29, 1.82) is 0 Å². The Morgan fingerprint density at radius 1 is 1.15 bits per heavy atom. The van der Waals surface area contributed by atoms with Crippen LogP contribution in [0.3, 0.4) is 0 Å². The predicted molar refractivity (Wildman–Crippen MR) is 119 cm³/mol. The van der Waals surface area contributed by atoms with Gasteiger partial charge in [0.25, 0.3) is 0 Å². The summed E-state index contributed by atoms with van der Waals surface area (Å²) in [5, 5.41) is 8.20. The van der Waals surface area contributed by atoms with Crippen LogP contribution < -0.4 is 5.73 Å². The van der Waals surface area contributed by atoms with Crippen LogP contribution in [0.4, 0.5) is 5.13 Å². The van der Waals surface area contributed by atoms with Gasteiger partial charge in [-0.25, -0.2) is 4.98 Å². The fourth-order valence-corrected chi connectivity index (χ4v) is 3.09. The quantitative estimate of drug-likeness (QED) is 0.417. The standard InChI is InChI=1S/C10H10N2S.C9H9BrO.C2H6O/c1-7-9(12-10(11)13-7)8-5-3-2-4-6-8;1-7(10)9(11)8-5-3-2-4-6-8;1-2-3/h2-6H,1H3,(H2,11,12);2-7H,1H3;3H,2H2,1H3. The number of thiazole rings is 1. The molecule has 0 aliphatic rings. The van der Waals surface area contributed by atoms with E-state index in [1.165, 1.54) is 16.2 Å². The van der Waals surface area contributed by atoms with Crippen LogP contribution >= 0.6 is 27.3 Å². The molecule has 1 atom stereocenters. The number of hydrogen-bond acceptors (Lipinski definition) is 5. The van der Waals surface area contributed by atoms with E-state index in [0.717, 1.165) is 16.8 Å². The predicted octanol–water partition coefficient (Wildman–Crippen LogP) is 5.35. The van der Waals surface area contributed by atoms with Crippen molar-refractivity contribution < 1.29 is 9.90 Å². The number of nitrogens with zero attached hydrogens (tertiary/aromatic N) is 1. The molecule has 3 aromatic rings. The highest BCUT2D eigenvalue weighted by Gasteiger charge is 2.09. The van der Waals surface area contributed by atoms with E-state index < -0.39 is 0 Å². The van der Waals surface area contributed by atoms with E-state index in [0.29, 0.717) is 5.13 Å². The van der Waals surface area contributed by atoms with Gasteiger partial charge in [0.1, 0.15) is 0 Å². The summed E-state index contributed by atoms with van der Waals surface area (Å²) in [6, 6.07) is 19.4. The zero-order chi connectivity index (χ0) is 20.2. The fraction of sp³-hybridized carbons (Fsp3) is 0.238. The zero-order valence-electron chi connectivity index (χ0n) is 15.7. The zero-order valence-corrected chi connectivity index (χ0v) is 18.1. The third-order valence-electron chi connectivity index (χ3n) is 3.28. The smallest absolute Gasteiger partial charge is 0.180 e. The van der Waals surface area contributed by atoms with Crippen LogP contribution in [0.2, 0.25) is 0 Å². The van der Waals surface area contributed by atoms with E-state index in [1.807, 2.05) is 74.5 Å². The molecule has 0 aliphatic heterocycles. The van der Waals surface area contributed by atoms with Gasteiger partial charge in [0.2, 0.25) is 0 Å². The van der Waals surface area contributed by atoms with Crippen molar-refractivity contribution in [2.24, 2.45) is 0 Å². The summed E-state index contributed by atoms with van der Waals surface area (Å²) in [5.41, 5.74) is 8.52. The first-order valence-corrected chi connectivity index (χ1v) is 10.3. The number of aliphatic hydroxyl groups is 1. The van der Waals surface area contributed by atoms with Gasteiger partial charge < -0.3 is 10.8 Å². The minimum absolute atomic E-state index is 0.0927. The second-order valence-corrected chi connectivity index (χ2v) is 8.09. The number of carbonyl (C=O) groups is 1. The number of rotatable bonds is 3. The van der Waals surface area contributed by atoms with Gasteiger partial charge >= 0.3 is 0 Å². The molecule has 0 saturated carbocycles. The maximum Gasteiger partial charge on any atom is 0.180 e. The molecular formula is C21H25BrN2O2S. The van der Waals surface area contributed by atoms with Crippen molar-refractivity contribution in [3.63, 3.8) is 0 Å². The van der Waals surface area contributed by atoms with Crippen molar-refractivity contribution in [2.45, 2.75) is 25.6 Å². The number of aliphatic hydroxyl groups excluding tert-OH is 1. The lowest BCUT2D eigenvalue weighted by molar-refractivity contribution is 0.0996. The highest BCUT2D eigenvalue weighted by molar-refractivity contribution is 9.10. The monoisotopic (exact) mass is 448 g/mol. The van der Waals surface area contributed by atoms with Crippen LogP contribution in [0, 0.1) is 6.92 Å². The molecule has 0 fully saturated rings. The Morgan fingerprint density at radius 3 is 2.04 bits per heavy atom. The van der Waals surface area contributed by atoms with Crippen LogP contribution in [0.5, 0.6) is 0 Å². The second kappa shape index (κ2) is 12.4. The normalized spacial score (nSPS) is 10.7. The maximum atomic E-state index is 11.3. The molecule has 0 aliphatic carbocycles. The summed E-state index contributed by atoms with van der Waals surface area (Å²) in [5.74, 6) is 0.130. The van der Waals surface area contributed by atoms with Gasteiger partial charge in [-0.05, 0) is 20.8 Å². The Balaban J connectivity index is 0.000000239. The molecule has 1 heterocycles. The number of ketones is 1. The SMILES string of the molecule is CC(Br)C(=O)c1ccccc1.CCO.Cc1sc(N)nc1-c1ccccc1. The second-order valence-electron chi connectivity index (χ2n) is 5.49. The number of Topliss-reactive ketones (excluding diaryl/α,β-unsaturated/α-hetero) is 1. The van der Waals surface area contributed by atoms with Gasteiger partial charge in [-0.15, -0.1) is 11.3 Å². The molecule has 0 radical (unpaired) electrons. The lowest BCUT2D eigenvalue weighted by Crippen LogP contribution is -2.09. The van der Waals surface area contributed by atoms with Gasteiger partial charge in [-0.2, -0.15) is 0 Å². The summed E-state index contributed by atoms with van der Waals surface area (Å²) in [4.78, 5) is 16.7. The number of aryl methyl sites for hydroxylation is 1. The molecule has 144 valence electrons. The molecule has 0 bridgehead atoms. The lowest BCUT2D eigenvalue weighted by Gasteiger charge is -2.00. The summed E-state index contributed by atoms with van der Waals surface area (Å²) >= 11 is 4.76. The van der Waals surface area contributed by atoms with E-state index in [2.05, 4.69) is 20.9 Å². The number of hydrogen-bond donors (Lipinski definition) is 2. The summed E-state index contributed by atoms with van der Waals surface area (Å²) in [6.45, 7) is 5.80. The van der Waals surface area contributed by atoms with Gasteiger partial charge in [-0.1, -0.05) is 76.6 Å². The van der Waals surface area contributed by atoms with E-state index in [9.17, 15) is 4.79 Å². The number of nitrogen functional groups attached to an aromatic ring is 1. The first-order chi connectivity index (χ1) is 12.9. The lowest BCUT2D eigenvalue weighted by atomic mass is 10.1. The number of benzene rings is 2. The summed E-state index contributed by atoms with van der Waals surface area (Å²) in [7, 11) is 0. The van der Waals surface area contributed by atoms with E-state index in [-0.39, 0.29) is 17.2 Å². The Morgan fingerprint density at radius 2 is 1.63 bits per heavy atom. The molecule has 6 heteroatoms. The van der Waals surface area contributed by atoms with Gasteiger partial charge in [0, 0.05) is 22.6 Å². The summed E-state index contributed by atoms with van der Waals surface area (Å²) < 4.78 is 0. The van der Waals surface area contributed by atoms with Crippen molar-refractivity contribution in [2.75, 3.05) is 12.3 Å². The average Bonchev–Trinajstić information content (AvgIpc) is 3.02.